The molecule has 4 rings (SSSR count). The van der Waals surface area contributed by atoms with Gasteiger partial charge >= 0.3 is 0 Å². The molecule has 0 amide bonds. The van der Waals surface area contributed by atoms with Crippen molar-refractivity contribution in [3.05, 3.63) is 94.0 Å². The molecular weight excluding hydrogens is 421 g/mol. The molecule has 6 nitrogen and oxygen atoms in total. The molecule has 31 heavy (non-hydrogen) atoms. The lowest BCUT2D eigenvalue weighted by Gasteiger charge is -2.18. The molecule has 0 saturated carbocycles. The molecule has 4 aromatic rings. The summed E-state index contributed by atoms with van der Waals surface area (Å²) in [6.45, 7) is 2.66. The van der Waals surface area contributed by atoms with Crippen LogP contribution in [-0.4, -0.2) is 22.6 Å². The van der Waals surface area contributed by atoms with Crippen LogP contribution in [-0.2, 0) is 9.53 Å². The van der Waals surface area contributed by atoms with E-state index in [1.807, 2.05) is 60.7 Å². The van der Waals surface area contributed by atoms with E-state index in [0.29, 0.717) is 18.9 Å². The van der Waals surface area contributed by atoms with Gasteiger partial charge in [-0.1, -0.05) is 48.0 Å². The molecule has 2 heterocycles. The summed E-state index contributed by atoms with van der Waals surface area (Å²) in [5.41, 5.74) is 1.46. The van der Waals surface area contributed by atoms with Gasteiger partial charge in [-0.05, 0) is 31.2 Å². The van der Waals surface area contributed by atoms with Crippen molar-refractivity contribution in [1.29, 1.82) is 0 Å². The summed E-state index contributed by atoms with van der Waals surface area (Å²) in [5, 5.41) is 3.05. The molecule has 0 unspecified atom stereocenters. The summed E-state index contributed by atoms with van der Waals surface area (Å²) < 4.78 is 19.7. The Morgan fingerprint density at radius 3 is 2.35 bits per heavy atom. The Balaban J connectivity index is 0.000000491. The van der Waals surface area contributed by atoms with E-state index in [-0.39, 0.29) is 16.1 Å². The zero-order valence-electron chi connectivity index (χ0n) is 16.6. The minimum Gasteiger partial charge on any atom is -0.468 e. The highest BCUT2D eigenvalue weighted by Crippen LogP contribution is 2.28. The summed E-state index contributed by atoms with van der Waals surface area (Å²) in [5.74, 6) is -0.213. The predicted octanol–water partition coefficient (Wildman–Crippen LogP) is 5.10. The average Bonchev–Trinajstić information content (AvgIpc) is 2.78. The number of nitrogens with zero attached hydrogens (tertiary/aromatic N) is 2. The van der Waals surface area contributed by atoms with Gasteiger partial charge in [0.05, 0.1) is 23.2 Å². The maximum absolute atomic E-state index is 13.9. The summed E-state index contributed by atoms with van der Waals surface area (Å²) in [7, 11) is 0. The molecule has 8 heteroatoms. The second-order valence-electron chi connectivity index (χ2n) is 6.23. The van der Waals surface area contributed by atoms with E-state index in [1.54, 1.807) is 11.5 Å². The lowest BCUT2D eigenvalue weighted by molar-refractivity contribution is -0.128. The van der Waals surface area contributed by atoms with Crippen LogP contribution in [0.25, 0.3) is 16.7 Å². The van der Waals surface area contributed by atoms with Crippen molar-refractivity contribution in [3.63, 3.8) is 0 Å². The molecule has 1 N–H and O–H groups in total. The Morgan fingerprint density at radius 1 is 1.13 bits per heavy atom. The summed E-state index contributed by atoms with van der Waals surface area (Å²) >= 11 is 6.05. The van der Waals surface area contributed by atoms with Gasteiger partial charge in [0.25, 0.3) is 6.47 Å². The number of rotatable bonds is 5. The van der Waals surface area contributed by atoms with Gasteiger partial charge < -0.3 is 10.1 Å². The number of nitrogens with one attached hydrogen (secondary N) is 1. The van der Waals surface area contributed by atoms with E-state index in [9.17, 15) is 14.0 Å². The van der Waals surface area contributed by atoms with Gasteiger partial charge in [-0.25, -0.2) is 9.37 Å². The molecule has 0 aliphatic heterocycles. The number of hydrogen-bond donors (Lipinski definition) is 1. The number of para-hydroxylation sites is 2. The van der Waals surface area contributed by atoms with Gasteiger partial charge in [0, 0.05) is 17.4 Å². The smallest absolute Gasteiger partial charge is 0.293 e. The first-order chi connectivity index (χ1) is 15.1. The molecule has 0 aliphatic rings. The van der Waals surface area contributed by atoms with E-state index in [0.717, 1.165) is 17.6 Å². The zero-order chi connectivity index (χ0) is 22.2. The Hall–Kier alpha value is -3.71. The Labute approximate surface area is 182 Å². The number of carbonyl (C=O) groups is 1. The maximum Gasteiger partial charge on any atom is 0.293 e. The van der Waals surface area contributed by atoms with E-state index >= 15 is 0 Å². The van der Waals surface area contributed by atoms with Crippen LogP contribution in [0.2, 0.25) is 5.02 Å². The number of benzene rings is 2. The molecule has 158 valence electrons. The Bertz CT molecular complexity index is 1230. The van der Waals surface area contributed by atoms with Gasteiger partial charge in [-0.3, -0.25) is 14.2 Å². The standard InChI is InChI=1S/C20H13ClFN3O.C3H6O2/c21-19-15(22)12-23-20-18(19)16(26)11-17(24-13-7-3-1-4-8-13)25(20)14-9-5-2-6-10-14;1-2-5-3-4/h1-12,24H;3H,2H2,1H3. The largest absolute Gasteiger partial charge is 0.468 e. The van der Waals surface area contributed by atoms with Gasteiger partial charge in [-0.2, -0.15) is 0 Å². The van der Waals surface area contributed by atoms with Gasteiger partial charge in [-0.15, -0.1) is 0 Å². The number of halogens is 2. The van der Waals surface area contributed by atoms with Crippen molar-refractivity contribution in [2.24, 2.45) is 0 Å². The number of aromatic nitrogens is 2. The second kappa shape index (κ2) is 10.4. The van der Waals surface area contributed by atoms with Gasteiger partial charge in [0.15, 0.2) is 16.9 Å². The average molecular weight is 440 g/mol. The lowest BCUT2D eigenvalue weighted by Crippen LogP contribution is -2.14. The highest BCUT2D eigenvalue weighted by molar-refractivity contribution is 6.35. The van der Waals surface area contributed by atoms with Crippen LogP contribution >= 0.6 is 11.6 Å². The third kappa shape index (κ3) is 5.07. The van der Waals surface area contributed by atoms with Crippen LogP contribution < -0.4 is 10.7 Å². The number of pyridine rings is 2. The van der Waals surface area contributed by atoms with Crippen LogP contribution in [0.5, 0.6) is 0 Å². The maximum atomic E-state index is 13.9. The quantitative estimate of drug-likeness (QED) is 0.438. The number of fused-ring (bicyclic) bond motifs is 1. The fraction of sp³-hybridized carbons (Fsp3) is 0.0870. The fourth-order valence-electron chi connectivity index (χ4n) is 2.89. The molecular formula is C23H19ClFN3O3. The van der Waals surface area contributed by atoms with Crippen LogP contribution in [0.15, 0.2) is 77.7 Å². The Morgan fingerprint density at radius 2 is 1.77 bits per heavy atom. The van der Waals surface area contributed by atoms with Crippen molar-refractivity contribution in [1.82, 2.24) is 9.55 Å². The molecule has 0 saturated heterocycles. The molecule has 2 aromatic carbocycles. The van der Waals surface area contributed by atoms with Gasteiger partial charge in [0.2, 0.25) is 0 Å². The predicted molar refractivity (Wildman–Crippen MR) is 120 cm³/mol. The summed E-state index contributed by atoms with van der Waals surface area (Å²) in [4.78, 5) is 25.9. The first-order valence-corrected chi connectivity index (χ1v) is 9.77. The van der Waals surface area contributed by atoms with Crippen LogP contribution in [0.3, 0.4) is 0 Å². The highest BCUT2D eigenvalue weighted by atomic mass is 35.5. The number of ether oxygens (including phenoxy) is 1. The lowest BCUT2D eigenvalue weighted by atomic mass is 10.2. The number of hydrogen-bond acceptors (Lipinski definition) is 5. The van der Waals surface area contributed by atoms with Crippen molar-refractivity contribution >= 4 is 40.6 Å². The molecule has 0 bridgehead atoms. The molecule has 0 spiro atoms. The van der Waals surface area contributed by atoms with E-state index < -0.39 is 11.2 Å². The van der Waals surface area contributed by atoms with Crippen molar-refractivity contribution in [2.75, 3.05) is 11.9 Å². The van der Waals surface area contributed by atoms with Crippen LogP contribution in [0.1, 0.15) is 6.92 Å². The fourth-order valence-corrected chi connectivity index (χ4v) is 3.11. The van der Waals surface area contributed by atoms with E-state index in [4.69, 9.17) is 11.6 Å². The summed E-state index contributed by atoms with van der Waals surface area (Å²) in [6.07, 6.45) is 1.02. The molecule has 0 aliphatic carbocycles. The van der Waals surface area contributed by atoms with Crippen LogP contribution in [0.4, 0.5) is 15.9 Å². The first kappa shape index (κ1) is 22.0. The van der Waals surface area contributed by atoms with E-state index in [2.05, 4.69) is 15.0 Å². The monoisotopic (exact) mass is 439 g/mol. The Kier molecular flexibility index (Phi) is 7.35. The van der Waals surface area contributed by atoms with E-state index in [1.165, 1.54) is 6.07 Å². The molecule has 0 atom stereocenters. The number of carbonyl (C=O) groups excluding carboxylic acids is 1. The van der Waals surface area contributed by atoms with Crippen molar-refractivity contribution in [2.45, 2.75) is 6.92 Å². The zero-order valence-corrected chi connectivity index (χ0v) is 17.3. The third-order valence-electron chi connectivity index (χ3n) is 4.22. The third-order valence-corrected chi connectivity index (χ3v) is 4.58. The molecule has 2 aromatic heterocycles. The van der Waals surface area contributed by atoms with Gasteiger partial charge in [0.1, 0.15) is 5.82 Å². The normalized spacial score (nSPS) is 10.2. The first-order valence-electron chi connectivity index (χ1n) is 9.39. The van der Waals surface area contributed by atoms with Crippen molar-refractivity contribution < 1.29 is 13.9 Å². The SMILES string of the molecule is CCOC=O.O=c1cc(Nc2ccccc2)n(-c2ccccc2)c2ncc(F)c(Cl)c12. The minimum absolute atomic E-state index is 0.0501. The van der Waals surface area contributed by atoms with Crippen molar-refractivity contribution in [3.8, 4) is 5.69 Å². The van der Waals surface area contributed by atoms with Crippen LogP contribution in [0, 0.1) is 5.82 Å². The minimum atomic E-state index is -0.723. The number of anilines is 2. The summed E-state index contributed by atoms with van der Waals surface area (Å²) in [6, 6.07) is 20.2. The highest BCUT2D eigenvalue weighted by Gasteiger charge is 2.17. The topological polar surface area (TPSA) is 73.2 Å². The molecule has 0 fully saturated rings. The second-order valence-corrected chi connectivity index (χ2v) is 6.60. The molecule has 0 radical (unpaired) electrons.